The molecule has 0 aliphatic heterocycles. The Hall–Kier alpha value is -2.33. The summed E-state index contributed by atoms with van der Waals surface area (Å²) in [6, 6.07) is 12.0. The second-order valence-corrected chi connectivity index (χ2v) is 4.71. The Morgan fingerprint density at radius 1 is 1.25 bits per heavy atom. The second-order valence-electron chi connectivity index (χ2n) is 4.27. The van der Waals surface area contributed by atoms with Crippen LogP contribution >= 0.6 is 11.6 Å². The minimum absolute atomic E-state index is 0.121. The standard InChI is InChI=1S/C15H13ClN2O2/c1-10-2-4-11(5-3-10)9-17-18-15(20)13-7-6-12(16)8-14(13)19/h2-9,19H,1H3,(H,18,20). The molecule has 0 unspecified atom stereocenters. The SMILES string of the molecule is Cc1ccc(C=NNC(=O)c2ccc(Cl)cc2O)cc1. The van der Waals surface area contributed by atoms with Crippen LogP contribution in [0, 0.1) is 6.92 Å². The van der Waals surface area contributed by atoms with E-state index in [0.717, 1.165) is 11.1 Å². The number of halogens is 1. The summed E-state index contributed by atoms with van der Waals surface area (Å²) in [5.41, 5.74) is 4.49. The zero-order chi connectivity index (χ0) is 14.5. The van der Waals surface area contributed by atoms with E-state index in [2.05, 4.69) is 10.5 Å². The first kappa shape index (κ1) is 14.1. The van der Waals surface area contributed by atoms with Gasteiger partial charge in [0.1, 0.15) is 5.75 Å². The molecule has 2 rings (SSSR count). The molecule has 4 nitrogen and oxygen atoms in total. The summed E-state index contributed by atoms with van der Waals surface area (Å²) >= 11 is 5.70. The van der Waals surface area contributed by atoms with E-state index in [0.29, 0.717) is 5.02 Å². The van der Waals surface area contributed by atoms with E-state index in [1.54, 1.807) is 0 Å². The third kappa shape index (κ3) is 3.59. The molecule has 0 radical (unpaired) electrons. The maximum atomic E-state index is 11.8. The Labute approximate surface area is 121 Å². The van der Waals surface area contributed by atoms with Gasteiger partial charge < -0.3 is 5.11 Å². The highest BCUT2D eigenvalue weighted by atomic mass is 35.5. The molecule has 20 heavy (non-hydrogen) atoms. The quantitative estimate of drug-likeness (QED) is 0.673. The summed E-state index contributed by atoms with van der Waals surface area (Å²) in [7, 11) is 0. The van der Waals surface area contributed by atoms with Gasteiger partial charge in [-0.15, -0.1) is 0 Å². The van der Waals surface area contributed by atoms with Crippen molar-refractivity contribution >= 4 is 23.7 Å². The second kappa shape index (κ2) is 6.21. The molecule has 5 heteroatoms. The van der Waals surface area contributed by atoms with Crippen molar-refractivity contribution in [2.24, 2.45) is 5.10 Å². The number of carbonyl (C=O) groups is 1. The Balaban J connectivity index is 2.03. The topological polar surface area (TPSA) is 61.7 Å². The summed E-state index contributed by atoms with van der Waals surface area (Å²) < 4.78 is 0. The highest BCUT2D eigenvalue weighted by molar-refractivity contribution is 6.30. The highest BCUT2D eigenvalue weighted by Gasteiger charge is 2.10. The molecular formula is C15H13ClN2O2. The number of aromatic hydroxyl groups is 1. The van der Waals surface area contributed by atoms with Crippen molar-refractivity contribution in [2.75, 3.05) is 0 Å². The number of amides is 1. The highest BCUT2D eigenvalue weighted by Crippen LogP contribution is 2.21. The van der Waals surface area contributed by atoms with E-state index in [4.69, 9.17) is 11.6 Å². The number of phenolic OH excluding ortho intramolecular Hbond substituents is 1. The summed E-state index contributed by atoms with van der Waals surface area (Å²) in [6.45, 7) is 1.99. The minimum atomic E-state index is -0.498. The van der Waals surface area contributed by atoms with Gasteiger partial charge >= 0.3 is 0 Å². The van der Waals surface area contributed by atoms with E-state index in [1.807, 2.05) is 31.2 Å². The Morgan fingerprint density at radius 2 is 1.95 bits per heavy atom. The van der Waals surface area contributed by atoms with Gasteiger partial charge in [0, 0.05) is 5.02 Å². The maximum absolute atomic E-state index is 11.8. The van der Waals surface area contributed by atoms with Gasteiger partial charge in [-0.2, -0.15) is 5.10 Å². The first-order valence-electron chi connectivity index (χ1n) is 5.95. The van der Waals surface area contributed by atoms with E-state index in [-0.39, 0.29) is 11.3 Å². The maximum Gasteiger partial charge on any atom is 0.275 e. The van der Waals surface area contributed by atoms with Gasteiger partial charge in [-0.1, -0.05) is 41.4 Å². The molecule has 0 heterocycles. The van der Waals surface area contributed by atoms with E-state index >= 15 is 0 Å². The number of benzene rings is 2. The molecule has 0 bridgehead atoms. The van der Waals surface area contributed by atoms with Crippen LogP contribution in [0.5, 0.6) is 5.75 Å². The first-order valence-corrected chi connectivity index (χ1v) is 6.32. The van der Waals surface area contributed by atoms with Gasteiger partial charge in [0.05, 0.1) is 11.8 Å². The lowest BCUT2D eigenvalue weighted by atomic mass is 10.2. The monoisotopic (exact) mass is 288 g/mol. The lowest BCUT2D eigenvalue weighted by molar-refractivity contribution is 0.0952. The number of hydrazone groups is 1. The van der Waals surface area contributed by atoms with Crippen LogP contribution < -0.4 is 5.43 Å². The summed E-state index contributed by atoms with van der Waals surface area (Å²) in [4.78, 5) is 11.8. The van der Waals surface area contributed by atoms with Crippen molar-refractivity contribution in [1.29, 1.82) is 0 Å². The number of hydrogen-bond acceptors (Lipinski definition) is 3. The number of hydrogen-bond donors (Lipinski definition) is 2. The third-order valence-electron chi connectivity index (χ3n) is 2.66. The smallest absolute Gasteiger partial charge is 0.275 e. The molecule has 2 aromatic carbocycles. The molecule has 0 atom stereocenters. The largest absolute Gasteiger partial charge is 0.507 e. The average Bonchev–Trinajstić information content (AvgIpc) is 2.41. The van der Waals surface area contributed by atoms with Crippen LogP contribution in [0.15, 0.2) is 47.6 Å². The number of phenols is 1. The van der Waals surface area contributed by atoms with E-state index in [9.17, 15) is 9.90 Å². The van der Waals surface area contributed by atoms with Gasteiger partial charge in [0.25, 0.3) is 5.91 Å². The predicted molar refractivity (Wildman–Crippen MR) is 79.4 cm³/mol. The lowest BCUT2D eigenvalue weighted by Crippen LogP contribution is -2.17. The number of nitrogens with one attached hydrogen (secondary N) is 1. The zero-order valence-electron chi connectivity index (χ0n) is 10.8. The molecule has 0 aliphatic carbocycles. The number of nitrogens with zero attached hydrogens (tertiary/aromatic N) is 1. The van der Waals surface area contributed by atoms with Crippen LogP contribution in [-0.4, -0.2) is 17.2 Å². The number of rotatable bonds is 3. The van der Waals surface area contributed by atoms with Gasteiger partial charge in [-0.3, -0.25) is 4.79 Å². The van der Waals surface area contributed by atoms with Gasteiger partial charge in [-0.05, 0) is 30.7 Å². The van der Waals surface area contributed by atoms with E-state index < -0.39 is 5.91 Å². The third-order valence-corrected chi connectivity index (χ3v) is 2.90. The van der Waals surface area contributed by atoms with Crippen LogP contribution in [0.25, 0.3) is 0 Å². The van der Waals surface area contributed by atoms with Gasteiger partial charge in [0.15, 0.2) is 0 Å². The van der Waals surface area contributed by atoms with E-state index in [1.165, 1.54) is 24.4 Å². The van der Waals surface area contributed by atoms with Crippen molar-refractivity contribution in [2.45, 2.75) is 6.92 Å². The molecule has 2 N–H and O–H groups in total. The molecule has 102 valence electrons. The molecule has 2 aromatic rings. The van der Waals surface area contributed by atoms with Crippen molar-refractivity contribution in [3.63, 3.8) is 0 Å². The molecule has 1 amide bonds. The molecule has 0 fully saturated rings. The predicted octanol–water partition coefficient (Wildman–Crippen LogP) is 3.12. The van der Waals surface area contributed by atoms with Crippen molar-refractivity contribution in [3.8, 4) is 5.75 Å². The zero-order valence-corrected chi connectivity index (χ0v) is 11.6. The molecule has 0 aromatic heterocycles. The summed E-state index contributed by atoms with van der Waals surface area (Å²) in [5.74, 6) is -0.678. The van der Waals surface area contributed by atoms with Gasteiger partial charge in [-0.25, -0.2) is 5.43 Å². The number of carbonyl (C=O) groups excluding carboxylic acids is 1. The fourth-order valence-electron chi connectivity index (χ4n) is 1.57. The van der Waals surface area contributed by atoms with Gasteiger partial charge in [0.2, 0.25) is 0 Å². The average molecular weight is 289 g/mol. The Morgan fingerprint density at radius 3 is 2.60 bits per heavy atom. The summed E-state index contributed by atoms with van der Waals surface area (Å²) in [5, 5.41) is 13.8. The Kier molecular flexibility index (Phi) is 4.38. The molecule has 0 aliphatic rings. The van der Waals surface area contributed by atoms with Crippen LogP contribution in [-0.2, 0) is 0 Å². The van der Waals surface area contributed by atoms with Crippen LogP contribution in [0.4, 0.5) is 0 Å². The fraction of sp³-hybridized carbons (Fsp3) is 0.0667. The fourth-order valence-corrected chi connectivity index (χ4v) is 1.74. The molecule has 0 spiro atoms. The lowest BCUT2D eigenvalue weighted by Gasteiger charge is -2.03. The van der Waals surface area contributed by atoms with Crippen molar-refractivity contribution < 1.29 is 9.90 Å². The van der Waals surface area contributed by atoms with Crippen molar-refractivity contribution in [1.82, 2.24) is 5.43 Å². The van der Waals surface area contributed by atoms with Crippen LogP contribution in [0.3, 0.4) is 0 Å². The first-order chi connectivity index (χ1) is 9.56. The Bertz CT molecular complexity index is 651. The molecular weight excluding hydrogens is 276 g/mol. The van der Waals surface area contributed by atoms with Crippen molar-refractivity contribution in [3.05, 3.63) is 64.2 Å². The number of aryl methyl sites for hydroxylation is 1. The van der Waals surface area contributed by atoms with Crippen LogP contribution in [0.1, 0.15) is 21.5 Å². The normalized spacial score (nSPS) is 10.7. The molecule has 0 saturated heterocycles. The van der Waals surface area contributed by atoms with Crippen LogP contribution in [0.2, 0.25) is 5.02 Å². The summed E-state index contributed by atoms with van der Waals surface area (Å²) in [6.07, 6.45) is 1.53. The minimum Gasteiger partial charge on any atom is -0.507 e. The molecule has 0 saturated carbocycles.